The van der Waals surface area contributed by atoms with Crippen LogP contribution in [0.5, 0.6) is 0 Å². The molecule has 182 valence electrons. The normalized spacial score (nSPS) is 20.5. The zero-order valence-electron chi connectivity index (χ0n) is 19.7. The van der Waals surface area contributed by atoms with E-state index in [1.54, 1.807) is 0 Å². The van der Waals surface area contributed by atoms with Crippen molar-refractivity contribution in [2.75, 3.05) is 41.4 Å². The molecule has 0 unspecified atom stereocenters. The third kappa shape index (κ3) is 6.54. The number of sulfone groups is 1. The average molecular weight is 501 g/mol. The molecule has 1 fully saturated rings. The van der Waals surface area contributed by atoms with Gasteiger partial charge in [0.2, 0.25) is 5.91 Å². The highest BCUT2D eigenvalue weighted by atomic mass is 32.2. The maximum Gasteiger partial charge on any atom is 0.224 e. The second kappa shape index (κ2) is 10.8. The summed E-state index contributed by atoms with van der Waals surface area (Å²) in [6.45, 7) is 6.73. The van der Waals surface area contributed by atoms with Crippen molar-refractivity contribution in [1.29, 1.82) is 0 Å². The molecule has 2 N–H and O–H groups in total. The largest absolute Gasteiger partial charge is 0.372 e. The molecule has 4 rings (SSSR count). The minimum atomic E-state index is -2.94. The fourth-order valence-electron chi connectivity index (χ4n) is 4.29. The molecule has 2 aromatic carbocycles. The number of anilines is 2. The SMILES string of the molecule is CCN(CCCNC(=O)Cc1ccc(NC2=N[C@H]3CS(=O)(=O)C[C@H]3S2)cc1)c1cccc(C)c1. The summed E-state index contributed by atoms with van der Waals surface area (Å²) in [4.78, 5) is 19.2. The summed E-state index contributed by atoms with van der Waals surface area (Å²) < 4.78 is 23.4. The molecule has 1 saturated heterocycles. The molecule has 0 bridgehead atoms. The lowest BCUT2D eigenvalue weighted by molar-refractivity contribution is -0.120. The number of nitrogens with one attached hydrogen (secondary N) is 2. The number of nitrogens with zero attached hydrogens (tertiary/aromatic N) is 2. The van der Waals surface area contributed by atoms with Crippen LogP contribution in [0.25, 0.3) is 0 Å². The summed E-state index contributed by atoms with van der Waals surface area (Å²) in [6.07, 6.45) is 1.23. The smallest absolute Gasteiger partial charge is 0.224 e. The molecule has 2 aliphatic rings. The number of thioether (sulfide) groups is 1. The minimum Gasteiger partial charge on any atom is -0.372 e. The fourth-order valence-corrected chi connectivity index (χ4v) is 7.96. The predicted octanol–water partition coefficient (Wildman–Crippen LogP) is 3.25. The number of carbonyl (C=O) groups excluding carboxylic acids is 1. The van der Waals surface area contributed by atoms with E-state index in [-0.39, 0.29) is 28.7 Å². The van der Waals surface area contributed by atoms with E-state index >= 15 is 0 Å². The van der Waals surface area contributed by atoms with Crippen molar-refractivity contribution in [3.63, 3.8) is 0 Å². The van der Waals surface area contributed by atoms with Gasteiger partial charge in [-0.3, -0.25) is 9.79 Å². The van der Waals surface area contributed by atoms with Crippen molar-refractivity contribution in [1.82, 2.24) is 5.32 Å². The zero-order valence-corrected chi connectivity index (χ0v) is 21.3. The van der Waals surface area contributed by atoms with Crippen LogP contribution in [-0.4, -0.2) is 61.9 Å². The molecule has 0 aromatic heterocycles. The standard InChI is InChI=1S/C25H32N4O3S2/c1-3-29(21-7-4-6-18(2)14-21)13-5-12-26-24(30)15-19-8-10-20(11-9-19)27-25-28-22-16-34(31,32)17-23(22)33-25/h4,6-11,14,22-23H,3,5,12-13,15-17H2,1-2H3,(H,26,30)(H,27,28)/t22-,23+/m0/s1. The lowest BCUT2D eigenvalue weighted by Crippen LogP contribution is -2.30. The first kappa shape index (κ1) is 24.6. The van der Waals surface area contributed by atoms with E-state index < -0.39 is 9.84 Å². The number of amidine groups is 1. The van der Waals surface area contributed by atoms with Crippen molar-refractivity contribution >= 4 is 44.0 Å². The summed E-state index contributed by atoms with van der Waals surface area (Å²) in [7, 11) is -2.94. The molecule has 0 aliphatic carbocycles. The van der Waals surface area contributed by atoms with Crippen molar-refractivity contribution in [2.24, 2.45) is 4.99 Å². The topological polar surface area (TPSA) is 90.9 Å². The van der Waals surface area contributed by atoms with Gasteiger partial charge in [-0.05, 0) is 55.7 Å². The Labute approximate surface area is 206 Å². The Bertz CT molecular complexity index is 1150. The van der Waals surface area contributed by atoms with E-state index in [0.29, 0.717) is 13.0 Å². The molecular weight excluding hydrogens is 468 g/mol. The molecule has 9 heteroatoms. The van der Waals surface area contributed by atoms with Gasteiger partial charge in [-0.2, -0.15) is 0 Å². The molecule has 0 saturated carbocycles. The Hall–Kier alpha value is -2.52. The van der Waals surface area contributed by atoms with Crippen LogP contribution < -0.4 is 15.5 Å². The van der Waals surface area contributed by atoms with Crippen LogP contribution in [0.3, 0.4) is 0 Å². The fraction of sp³-hybridized carbons (Fsp3) is 0.440. The van der Waals surface area contributed by atoms with Gasteiger partial charge in [0, 0.05) is 36.3 Å². The van der Waals surface area contributed by atoms with Crippen LogP contribution in [0.4, 0.5) is 11.4 Å². The molecule has 7 nitrogen and oxygen atoms in total. The van der Waals surface area contributed by atoms with Gasteiger partial charge in [0.25, 0.3) is 0 Å². The number of fused-ring (bicyclic) bond motifs is 1. The monoisotopic (exact) mass is 500 g/mol. The summed E-state index contributed by atoms with van der Waals surface area (Å²) in [5.41, 5.74) is 4.30. The number of hydrogen-bond donors (Lipinski definition) is 2. The molecule has 2 heterocycles. The Morgan fingerprint density at radius 1 is 1.18 bits per heavy atom. The van der Waals surface area contributed by atoms with Gasteiger partial charge in [0.15, 0.2) is 15.0 Å². The summed E-state index contributed by atoms with van der Waals surface area (Å²) in [5, 5.41) is 7.08. The van der Waals surface area contributed by atoms with Crippen molar-refractivity contribution in [2.45, 2.75) is 38.0 Å². The second-order valence-corrected chi connectivity index (χ2v) is 12.2. The highest BCUT2D eigenvalue weighted by Gasteiger charge is 2.42. The van der Waals surface area contributed by atoms with E-state index in [1.165, 1.54) is 23.0 Å². The number of aryl methyl sites for hydroxylation is 1. The number of carbonyl (C=O) groups is 1. The third-order valence-corrected chi connectivity index (χ3v) is 9.21. The lowest BCUT2D eigenvalue weighted by Gasteiger charge is -2.23. The van der Waals surface area contributed by atoms with E-state index in [1.807, 2.05) is 24.3 Å². The van der Waals surface area contributed by atoms with E-state index in [4.69, 9.17) is 0 Å². The Morgan fingerprint density at radius 2 is 1.97 bits per heavy atom. The number of amides is 1. The molecule has 2 aromatic rings. The Balaban J connectivity index is 1.18. The molecule has 2 atom stereocenters. The lowest BCUT2D eigenvalue weighted by atomic mass is 10.1. The summed E-state index contributed by atoms with van der Waals surface area (Å²) in [5.74, 6) is 0.365. The number of rotatable bonds is 9. The van der Waals surface area contributed by atoms with Crippen molar-refractivity contribution in [3.8, 4) is 0 Å². The molecule has 1 amide bonds. The van der Waals surface area contributed by atoms with Gasteiger partial charge in [-0.25, -0.2) is 8.42 Å². The van der Waals surface area contributed by atoms with E-state index in [2.05, 4.69) is 58.6 Å². The molecule has 0 spiro atoms. The summed E-state index contributed by atoms with van der Waals surface area (Å²) >= 11 is 1.50. The van der Waals surface area contributed by atoms with Crippen LogP contribution in [0.15, 0.2) is 53.5 Å². The number of aliphatic imine (C=N–C) groups is 1. The first-order chi connectivity index (χ1) is 16.3. The quantitative estimate of drug-likeness (QED) is 0.514. The van der Waals surface area contributed by atoms with Gasteiger partial charge in [-0.15, -0.1) is 0 Å². The highest BCUT2D eigenvalue weighted by Crippen LogP contribution is 2.34. The first-order valence-corrected chi connectivity index (χ1v) is 14.4. The average Bonchev–Trinajstić information content (AvgIpc) is 3.27. The first-order valence-electron chi connectivity index (χ1n) is 11.7. The number of hydrogen-bond acceptors (Lipinski definition) is 7. The van der Waals surface area contributed by atoms with E-state index in [0.717, 1.165) is 35.9 Å². The molecular formula is C25H32N4O3S2. The summed E-state index contributed by atoms with van der Waals surface area (Å²) in [6, 6.07) is 16.1. The maximum atomic E-state index is 12.4. The van der Waals surface area contributed by atoms with Crippen LogP contribution in [0, 0.1) is 6.92 Å². The predicted molar refractivity (Wildman–Crippen MR) is 142 cm³/mol. The number of benzene rings is 2. The van der Waals surface area contributed by atoms with Crippen LogP contribution in [0.1, 0.15) is 24.5 Å². The Kier molecular flexibility index (Phi) is 7.83. The third-order valence-electron chi connectivity index (χ3n) is 6.06. The second-order valence-electron chi connectivity index (χ2n) is 8.86. The van der Waals surface area contributed by atoms with Gasteiger partial charge in [0.1, 0.15) is 0 Å². The molecule has 2 aliphatic heterocycles. The molecule has 0 radical (unpaired) electrons. The van der Waals surface area contributed by atoms with Crippen molar-refractivity contribution < 1.29 is 13.2 Å². The van der Waals surface area contributed by atoms with Crippen LogP contribution in [-0.2, 0) is 21.1 Å². The van der Waals surface area contributed by atoms with Gasteiger partial charge in [0.05, 0.1) is 24.0 Å². The maximum absolute atomic E-state index is 12.4. The van der Waals surface area contributed by atoms with E-state index in [9.17, 15) is 13.2 Å². The van der Waals surface area contributed by atoms with Crippen molar-refractivity contribution in [3.05, 3.63) is 59.7 Å². The Morgan fingerprint density at radius 3 is 2.68 bits per heavy atom. The zero-order chi connectivity index (χ0) is 24.1. The van der Waals surface area contributed by atoms with Gasteiger partial charge >= 0.3 is 0 Å². The minimum absolute atomic E-state index is 0.0177. The molecule has 34 heavy (non-hydrogen) atoms. The van der Waals surface area contributed by atoms with Gasteiger partial charge in [-0.1, -0.05) is 36.0 Å². The van der Waals surface area contributed by atoms with Crippen LogP contribution in [0.2, 0.25) is 0 Å². The highest BCUT2D eigenvalue weighted by molar-refractivity contribution is 8.15. The van der Waals surface area contributed by atoms with Crippen LogP contribution >= 0.6 is 11.8 Å². The van der Waals surface area contributed by atoms with Gasteiger partial charge < -0.3 is 15.5 Å².